The Kier molecular flexibility index (Phi) is 3.67. The van der Waals surface area contributed by atoms with E-state index in [0.29, 0.717) is 5.01 Å². The van der Waals surface area contributed by atoms with Crippen LogP contribution in [0.25, 0.3) is 0 Å². The number of aryl methyl sites for hydroxylation is 2. The summed E-state index contributed by atoms with van der Waals surface area (Å²) in [6.07, 6.45) is -1.90. The highest BCUT2D eigenvalue weighted by Gasteiger charge is 2.21. The molecule has 5 heteroatoms. The second-order valence-corrected chi connectivity index (χ2v) is 4.40. The molecule has 1 aromatic heterocycles. The summed E-state index contributed by atoms with van der Waals surface area (Å²) in [6, 6.07) is 0. The Bertz CT molecular complexity index is 270. The molecule has 2 atom stereocenters. The highest BCUT2D eigenvalue weighted by molar-refractivity contribution is 7.11. The summed E-state index contributed by atoms with van der Waals surface area (Å²) in [5, 5.41) is 19.3. The molecule has 1 aromatic rings. The number of aromatic nitrogens is 1. The van der Waals surface area contributed by atoms with Crippen molar-refractivity contribution in [3.8, 4) is 0 Å². The standard InChI is InChI=1S/C8H12ClNO2S/c1-4-5(2)13-8(10-4)7(12)6(11)3-9/h6-7,11-12H,3H2,1-2H3. The van der Waals surface area contributed by atoms with E-state index in [2.05, 4.69) is 4.98 Å². The van der Waals surface area contributed by atoms with Gasteiger partial charge in [0.1, 0.15) is 11.1 Å². The second-order valence-electron chi connectivity index (χ2n) is 2.86. The molecule has 74 valence electrons. The van der Waals surface area contributed by atoms with E-state index >= 15 is 0 Å². The first kappa shape index (κ1) is 10.9. The molecule has 1 rings (SSSR count). The highest BCUT2D eigenvalue weighted by atomic mass is 35.5. The van der Waals surface area contributed by atoms with Crippen LogP contribution in [0.2, 0.25) is 0 Å². The van der Waals surface area contributed by atoms with E-state index < -0.39 is 12.2 Å². The van der Waals surface area contributed by atoms with Crippen LogP contribution in [0.15, 0.2) is 0 Å². The van der Waals surface area contributed by atoms with Gasteiger partial charge in [-0.05, 0) is 13.8 Å². The molecular weight excluding hydrogens is 210 g/mol. The minimum atomic E-state index is -0.963. The average molecular weight is 222 g/mol. The zero-order valence-electron chi connectivity index (χ0n) is 7.49. The van der Waals surface area contributed by atoms with Gasteiger partial charge in [-0.25, -0.2) is 4.98 Å². The Hall–Kier alpha value is -0.160. The van der Waals surface area contributed by atoms with Gasteiger partial charge in [0, 0.05) is 4.88 Å². The number of rotatable bonds is 3. The van der Waals surface area contributed by atoms with E-state index in [1.807, 2.05) is 13.8 Å². The van der Waals surface area contributed by atoms with Gasteiger partial charge in [0.05, 0.1) is 17.7 Å². The van der Waals surface area contributed by atoms with Crippen LogP contribution in [0.5, 0.6) is 0 Å². The molecule has 1 heterocycles. The molecule has 13 heavy (non-hydrogen) atoms. The molecule has 0 aromatic carbocycles. The van der Waals surface area contributed by atoms with E-state index in [-0.39, 0.29) is 5.88 Å². The number of alkyl halides is 1. The van der Waals surface area contributed by atoms with Gasteiger partial charge in [-0.2, -0.15) is 0 Å². The predicted molar refractivity (Wildman–Crippen MR) is 53.3 cm³/mol. The van der Waals surface area contributed by atoms with Gasteiger partial charge in [0.25, 0.3) is 0 Å². The molecule has 2 N–H and O–H groups in total. The fraction of sp³-hybridized carbons (Fsp3) is 0.625. The first-order chi connectivity index (χ1) is 6.06. The summed E-state index contributed by atoms with van der Waals surface area (Å²) in [4.78, 5) is 5.18. The summed E-state index contributed by atoms with van der Waals surface area (Å²) >= 11 is 6.80. The van der Waals surface area contributed by atoms with Crippen LogP contribution < -0.4 is 0 Å². The molecule has 2 unspecified atom stereocenters. The first-order valence-corrected chi connectivity index (χ1v) is 5.27. The number of hydrogen-bond donors (Lipinski definition) is 2. The van der Waals surface area contributed by atoms with Crippen molar-refractivity contribution in [1.29, 1.82) is 0 Å². The number of hydrogen-bond acceptors (Lipinski definition) is 4. The van der Waals surface area contributed by atoms with Crippen LogP contribution >= 0.6 is 22.9 Å². The minimum Gasteiger partial charge on any atom is -0.389 e. The molecule has 0 saturated carbocycles. The van der Waals surface area contributed by atoms with Crippen molar-refractivity contribution >= 4 is 22.9 Å². The van der Waals surface area contributed by atoms with Gasteiger partial charge >= 0.3 is 0 Å². The number of nitrogens with zero attached hydrogens (tertiary/aromatic N) is 1. The van der Waals surface area contributed by atoms with Gasteiger partial charge in [-0.15, -0.1) is 22.9 Å². The number of aliphatic hydroxyl groups excluding tert-OH is 2. The molecule has 0 radical (unpaired) electrons. The fourth-order valence-electron chi connectivity index (χ4n) is 0.873. The van der Waals surface area contributed by atoms with Gasteiger partial charge in [-0.1, -0.05) is 0 Å². The summed E-state index contributed by atoms with van der Waals surface area (Å²) in [5.41, 5.74) is 0.890. The quantitative estimate of drug-likeness (QED) is 0.759. The lowest BCUT2D eigenvalue weighted by atomic mass is 10.2. The van der Waals surface area contributed by atoms with Crippen molar-refractivity contribution in [2.45, 2.75) is 26.1 Å². The SMILES string of the molecule is Cc1nc(C(O)C(O)CCl)sc1C. The summed E-state index contributed by atoms with van der Waals surface area (Å²) < 4.78 is 0. The lowest BCUT2D eigenvalue weighted by Crippen LogP contribution is -2.19. The highest BCUT2D eigenvalue weighted by Crippen LogP contribution is 2.25. The van der Waals surface area contributed by atoms with E-state index in [4.69, 9.17) is 11.6 Å². The molecule has 0 fully saturated rings. The topological polar surface area (TPSA) is 53.4 Å². The summed E-state index contributed by atoms with van der Waals surface area (Å²) in [5.74, 6) is 0.0127. The number of thiazole rings is 1. The Balaban J connectivity index is 2.82. The van der Waals surface area contributed by atoms with Crippen molar-refractivity contribution in [2.24, 2.45) is 0 Å². The lowest BCUT2D eigenvalue weighted by molar-refractivity contribution is 0.0325. The van der Waals surface area contributed by atoms with Crippen molar-refractivity contribution in [3.63, 3.8) is 0 Å². The zero-order chi connectivity index (χ0) is 10.0. The third-order valence-corrected chi connectivity index (χ3v) is 3.28. The van der Waals surface area contributed by atoms with Crippen molar-refractivity contribution in [3.05, 3.63) is 15.6 Å². The van der Waals surface area contributed by atoms with Crippen LogP contribution in [-0.4, -0.2) is 27.2 Å². The number of halogens is 1. The first-order valence-electron chi connectivity index (χ1n) is 3.92. The molecule has 0 aliphatic carbocycles. The van der Waals surface area contributed by atoms with Crippen molar-refractivity contribution < 1.29 is 10.2 Å². The van der Waals surface area contributed by atoms with Crippen LogP contribution in [0.1, 0.15) is 21.7 Å². The van der Waals surface area contributed by atoms with Gasteiger partial charge in [-0.3, -0.25) is 0 Å². The van der Waals surface area contributed by atoms with Crippen molar-refractivity contribution in [2.75, 3.05) is 5.88 Å². The fourth-order valence-corrected chi connectivity index (χ4v) is 2.01. The molecule has 0 bridgehead atoms. The molecule has 3 nitrogen and oxygen atoms in total. The minimum absolute atomic E-state index is 0.0127. The van der Waals surface area contributed by atoms with Crippen LogP contribution in [0.3, 0.4) is 0 Å². The normalized spacial score (nSPS) is 15.8. The van der Waals surface area contributed by atoms with Gasteiger partial charge in [0.15, 0.2) is 0 Å². The monoisotopic (exact) mass is 221 g/mol. The predicted octanol–water partition coefficient (Wildman–Crippen LogP) is 1.39. The van der Waals surface area contributed by atoms with Crippen LogP contribution in [0.4, 0.5) is 0 Å². The summed E-state index contributed by atoms with van der Waals surface area (Å²) in [7, 11) is 0. The summed E-state index contributed by atoms with van der Waals surface area (Å²) in [6.45, 7) is 3.80. The Morgan fingerprint density at radius 3 is 2.46 bits per heavy atom. The maximum atomic E-state index is 9.54. The number of aliphatic hydroxyl groups is 2. The van der Waals surface area contributed by atoms with Crippen LogP contribution in [0, 0.1) is 13.8 Å². The molecule has 0 spiro atoms. The molecular formula is C8H12ClNO2S. The molecule has 0 saturated heterocycles. The molecule has 0 amide bonds. The average Bonchev–Trinajstić information content (AvgIpc) is 2.44. The smallest absolute Gasteiger partial charge is 0.132 e. The van der Waals surface area contributed by atoms with E-state index in [1.54, 1.807) is 0 Å². The third kappa shape index (κ3) is 2.40. The Morgan fingerprint density at radius 1 is 1.46 bits per heavy atom. The zero-order valence-corrected chi connectivity index (χ0v) is 9.06. The van der Waals surface area contributed by atoms with Crippen LogP contribution in [-0.2, 0) is 0 Å². The van der Waals surface area contributed by atoms with E-state index in [1.165, 1.54) is 11.3 Å². The van der Waals surface area contributed by atoms with Gasteiger partial charge in [0.2, 0.25) is 0 Å². The third-order valence-electron chi connectivity index (χ3n) is 1.82. The van der Waals surface area contributed by atoms with Crippen molar-refractivity contribution in [1.82, 2.24) is 4.98 Å². The Morgan fingerprint density at radius 2 is 2.08 bits per heavy atom. The lowest BCUT2D eigenvalue weighted by Gasteiger charge is -2.11. The van der Waals surface area contributed by atoms with E-state index in [9.17, 15) is 10.2 Å². The largest absolute Gasteiger partial charge is 0.389 e. The van der Waals surface area contributed by atoms with Gasteiger partial charge < -0.3 is 10.2 Å². The molecule has 0 aliphatic rings. The van der Waals surface area contributed by atoms with E-state index in [0.717, 1.165) is 10.6 Å². The maximum Gasteiger partial charge on any atom is 0.132 e. The maximum absolute atomic E-state index is 9.54. The molecule has 0 aliphatic heterocycles. The second kappa shape index (κ2) is 4.37. The Labute approximate surface area is 86.0 Å².